The number of aryl methyl sites for hydroxylation is 1. The summed E-state index contributed by atoms with van der Waals surface area (Å²) in [5.74, 6) is 0.790. The SMILES string of the molecule is CCN(CC)C(=O)N1CCCC1C(=O)c1ccc(OC)c(C)c1. The van der Waals surface area contributed by atoms with Crippen molar-refractivity contribution in [3.8, 4) is 5.75 Å². The van der Waals surface area contributed by atoms with Gasteiger partial charge in [-0.2, -0.15) is 0 Å². The van der Waals surface area contributed by atoms with Crippen molar-refractivity contribution in [2.24, 2.45) is 0 Å². The van der Waals surface area contributed by atoms with E-state index in [0.717, 1.165) is 24.2 Å². The number of hydrogen-bond donors (Lipinski definition) is 0. The summed E-state index contributed by atoms with van der Waals surface area (Å²) in [5, 5.41) is 0. The Balaban J connectivity index is 2.20. The number of likely N-dealkylation sites (tertiary alicyclic amines) is 1. The third kappa shape index (κ3) is 3.49. The Kier molecular flexibility index (Phi) is 5.64. The Morgan fingerprint density at radius 2 is 2.00 bits per heavy atom. The lowest BCUT2D eigenvalue weighted by Crippen LogP contribution is -2.47. The summed E-state index contributed by atoms with van der Waals surface area (Å²) >= 11 is 0. The van der Waals surface area contributed by atoms with Gasteiger partial charge in [-0.3, -0.25) is 4.79 Å². The molecule has 1 unspecified atom stereocenters. The molecule has 0 aliphatic carbocycles. The summed E-state index contributed by atoms with van der Waals surface area (Å²) in [5.41, 5.74) is 1.57. The average Bonchev–Trinajstić information content (AvgIpc) is 3.04. The summed E-state index contributed by atoms with van der Waals surface area (Å²) < 4.78 is 5.24. The average molecular weight is 318 g/mol. The first-order chi connectivity index (χ1) is 11.0. The summed E-state index contributed by atoms with van der Waals surface area (Å²) in [6.07, 6.45) is 1.61. The molecule has 0 saturated carbocycles. The molecule has 1 saturated heterocycles. The lowest BCUT2D eigenvalue weighted by molar-refractivity contribution is 0.0862. The number of benzene rings is 1. The number of urea groups is 1. The Bertz CT molecular complexity index is 582. The zero-order valence-corrected chi connectivity index (χ0v) is 14.5. The number of carbonyl (C=O) groups is 2. The van der Waals surface area contributed by atoms with E-state index in [4.69, 9.17) is 4.74 Å². The van der Waals surface area contributed by atoms with Crippen LogP contribution >= 0.6 is 0 Å². The van der Waals surface area contributed by atoms with E-state index in [1.165, 1.54) is 0 Å². The highest BCUT2D eigenvalue weighted by Gasteiger charge is 2.36. The molecule has 1 aromatic rings. The van der Waals surface area contributed by atoms with Crippen LogP contribution in [0.3, 0.4) is 0 Å². The van der Waals surface area contributed by atoms with Gasteiger partial charge in [-0.1, -0.05) is 0 Å². The second-order valence-corrected chi connectivity index (χ2v) is 5.85. The van der Waals surface area contributed by atoms with E-state index in [1.807, 2.05) is 32.9 Å². The van der Waals surface area contributed by atoms with Gasteiger partial charge in [0, 0.05) is 25.2 Å². The number of amides is 2. The fourth-order valence-electron chi connectivity index (χ4n) is 3.17. The molecular weight excluding hydrogens is 292 g/mol. The highest BCUT2D eigenvalue weighted by Crippen LogP contribution is 2.25. The third-order valence-electron chi connectivity index (χ3n) is 4.51. The normalized spacial score (nSPS) is 17.2. The molecule has 2 amide bonds. The molecule has 0 N–H and O–H groups in total. The molecule has 1 aliphatic rings. The Hall–Kier alpha value is -2.04. The lowest BCUT2D eigenvalue weighted by Gasteiger charge is -2.30. The summed E-state index contributed by atoms with van der Waals surface area (Å²) in [7, 11) is 1.62. The van der Waals surface area contributed by atoms with Gasteiger partial charge >= 0.3 is 6.03 Å². The second-order valence-electron chi connectivity index (χ2n) is 5.85. The third-order valence-corrected chi connectivity index (χ3v) is 4.51. The van der Waals surface area contributed by atoms with Crippen LogP contribution in [-0.4, -0.2) is 54.4 Å². The fourth-order valence-corrected chi connectivity index (χ4v) is 3.17. The summed E-state index contributed by atoms with van der Waals surface area (Å²) in [6, 6.07) is 5.06. The van der Waals surface area contributed by atoms with Gasteiger partial charge in [-0.25, -0.2) is 4.79 Å². The van der Waals surface area contributed by atoms with Crippen LogP contribution in [0.5, 0.6) is 5.75 Å². The van der Waals surface area contributed by atoms with Crippen molar-refractivity contribution >= 4 is 11.8 Å². The van der Waals surface area contributed by atoms with Crippen LogP contribution in [0, 0.1) is 6.92 Å². The monoisotopic (exact) mass is 318 g/mol. The van der Waals surface area contributed by atoms with E-state index in [1.54, 1.807) is 23.0 Å². The number of hydrogen-bond acceptors (Lipinski definition) is 3. The number of carbonyl (C=O) groups excluding carboxylic acids is 2. The molecule has 1 fully saturated rings. The first kappa shape index (κ1) is 17.3. The molecular formula is C18H26N2O3. The molecule has 5 heteroatoms. The molecule has 1 aromatic carbocycles. The number of rotatable bonds is 5. The van der Waals surface area contributed by atoms with Crippen LogP contribution in [0.15, 0.2) is 18.2 Å². The van der Waals surface area contributed by atoms with Crippen LogP contribution < -0.4 is 4.74 Å². The second kappa shape index (κ2) is 7.49. The van der Waals surface area contributed by atoms with Crippen molar-refractivity contribution in [3.05, 3.63) is 29.3 Å². The predicted molar refractivity (Wildman–Crippen MR) is 90.1 cm³/mol. The zero-order chi connectivity index (χ0) is 17.0. The smallest absolute Gasteiger partial charge is 0.320 e. The maximum Gasteiger partial charge on any atom is 0.320 e. The zero-order valence-electron chi connectivity index (χ0n) is 14.5. The topological polar surface area (TPSA) is 49.9 Å². The van der Waals surface area contributed by atoms with Gasteiger partial charge in [0.25, 0.3) is 0 Å². The molecule has 126 valence electrons. The van der Waals surface area contributed by atoms with Crippen molar-refractivity contribution in [2.45, 2.75) is 39.7 Å². The molecule has 2 rings (SSSR count). The maximum atomic E-state index is 12.9. The first-order valence-corrected chi connectivity index (χ1v) is 8.27. The van der Waals surface area contributed by atoms with E-state index in [2.05, 4.69) is 0 Å². The van der Waals surface area contributed by atoms with Crippen molar-refractivity contribution in [2.75, 3.05) is 26.7 Å². The van der Waals surface area contributed by atoms with E-state index in [0.29, 0.717) is 25.2 Å². The van der Waals surface area contributed by atoms with Gasteiger partial charge in [0.05, 0.1) is 13.2 Å². The molecule has 5 nitrogen and oxygen atoms in total. The van der Waals surface area contributed by atoms with E-state index >= 15 is 0 Å². The highest BCUT2D eigenvalue weighted by atomic mass is 16.5. The standard InChI is InChI=1S/C18H26N2O3/c1-5-19(6-2)18(22)20-11-7-8-15(20)17(21)14-9-10-16(23-4)13(3)12-14/h9-10,12,15H,5-8,11H2,1-4H3. The quantitative estimate of drug-likeness (QED) is 0.784. The van der Waals surface area contributed by atoms with Gasteiger partial charge in [0.15, 0.2) is 5.78 Å². The minimum atomic E-state index is -0.351. The van der Waals surface area contributed by atoms with Gasteiger partial charge in [0.1, 0.15) is 5.75 Å². The molecule has 1 atom stereocenters. The predicted octanol–water partition coefficient (Wildman–Crippen LogP) is 3.11. The highest BCUT2D eigenvalue weighted by molar-refractivity contribution is 6.02. The van der Waals surface area contributed by atoms with Crippen LogP contribution in [-0.2, 0) is 0 Å². The molecule has 0 radical (unpaired) electrons. The Labute approximate surface area is 138 Å². The molecule has 1 aliphatic heterocycles. The van der Waals surface area contributed by atoms with Gasteiger partial charge < -0.3 is 14.5 Å². The van der Waals surface area contributed by atoms with Gasteiger partial charge in [0.2, 0.25) is 0 Å². The minimum Gasteiger partial charge on any atom is -0.496 e. The van der Waals surface area contributed by atoms with Crippen LogP contribution in [0.4, 0.5) is 4.79 Å². The maximum absolute atomic E-state index is 12.9. The molecule has 1 heterocycles. The van der Waals surface area contributed by atoms with Crippen LogP contribution in [0.1, 0.15) is 42.6 Å². The number of Topliss-reactive ketones (excluding diaryl/α,β-unsaturated/α-hetero) is 1. The van der Waals surface area contributed by atoms with E-state index < -0.39 is 0 Å². The Morgan fingerprint density at radius 1 is 1.30 bits per heavy atom. The van der Waals surface area contributed by atoms with Crippen molar-refractivity contribution in [1.29, 1.82) is 0 Å². The molecule has 23 heavy (non-hydrogen) atoms. The number of methoxy groups -OCH3 is 1. The molecule has 0 spiro atoms. The first-order valence-electron chi connectivity index (χ1n) is 8.27. The summed E-state index contributed by atoms with van der Waals surface area (Å²) in [6.45, 7) is 7.81. The van der Waals surface area contributed by atoms with Crippen molar-refractivity contribution in [1.82, 2.24) is 9.80 Å². The van der Waals surface area contributed by atoms with Crippen molar-refractivity contribution < 1.29 is 14.3 Å². The number of ether oxygens (including phenoxy) is 1. The van der Waals surface area contributed by atoms with Gasteiger partial charge in [-0.15, -0.1) is 0 Å². The minimum absolute atomic E-state index is 0.0220. The van der Waals surface area contributed by atoms with E-state index in [9.17, 15) is 9.59 Å². The van der Waals surface area contributed by atoms with Crippen LogP contribution in [0.25, 0.3) is 0 Å². The van der Waals surface area contributed by atoms with Crippen molar-refractivity contribution in [3.63, 3.8) is 0 Å². The number of nitrogens with zero attached hydrogens (tertiary/aromatic N) is 2. The fraction of sp³-hybridized carbons (Fsp3) is 0.556. The van der Waals surface area contributed by atoms with Crippen LogP contribution in [0.2, 0.25) is 0 Å². The molecule has 0 bridgehead atoms. The molecule has 0 aromatic heterocycles. The number of ketones is 1. The largest absolute Gasteiger partial charge is 0.496 e. The Morgan fingerprint density at radius 3 is 2.57 bits per heavy atom. The van der Waals surface area contributed by atoms with Gasteiger partial charge in [-0.05, 0) is 57.4 Å². The summed E-state index contributed by atoms with van der Waals surface area (Å²) in [4.78, 5) is 29.0. The van der Waals surface area contributed by atoms with E-state index in [-0.39, 0.29) is 17.9 Å². The lowest BCUT2D eigenvalue weighted by atomic mass is 10.00.